The van der Waals surface area contributed by atoms with E-state index in [1.807, 2.05) is 0 Å². The van der Waals surface area contributed by atoms with E-state index in [4.69, 9.17) is 5.11 Å². The predicted molar refractivity (Wildman–Crippen MR) is 64.0 cm³/mol. The van der Waals surface area contributed by atoms with Crippen LogP contribution in [0.1, 0.15) is 27.2 Å². The molecular formula is C12H26N2O. The first-order chi connectivity index (χ1) is 7.21. The summed E-state index contributed by atoms with van der Waals surface area (Å²) in [5.41, 5.74) is 0. The van der Waals surface area contributed by atoms with Crippen molar-refractivity contribution >= 4 is 0 Å². The van der Waals surface area contributed by atoms with E-state index < -0.39 is 0 Å². The van der Waals surface area contributed by atoms with Crippen molar-refractivity contribution in [2.45, 2.75) is 33.2 Å². The largest absolute Gasteiger partial charge is 0.396 e. The van der Waals surface area contributed by atoms with Gasteiger partial charge in [-0.2, -0.15) is 0 Å². The van der Waals surface area contributed by atoms with Crippen molar-refractivity contribution < 1.29 is 5.11 Å². The van der Waals surface area contributed by atoms with Gasteiger partial charge in [0.15, 0.2) is 0 Å². The number of hydrogen-bond donors (Lipinski definition) is 1. The molecule has 0 aliphatic carbocycles. The van der Waals surface area contributed by atoms with Crippen molar-refractivity contribution in [1.82, 2.24) is 9.80 Å². The Labute approximate surface area is 94.1 Å². The van der Waals surface area contributed by atoms with E-state index in [9.17, 15) is 0 Å². The molecule has 0 spiro atoms. The Bertz CT molecular complexity index is 171. The number of likely N-dealkylation sites (tertiary alicyclic amines) is 1. The second-order valence-electron chi connectivity index (χ2n) is 4.71. The van der Waals surface area contributed by atoms with Crippen molar-refractivity contribution in [3.8, 4) is 0 Å². The summed E-state index contributed by atoms with van der Waals surface area (Å²) in [6.07, 6.45) is 1.29. The molecule has 2 atom stereocenters. The summed E-state index contributed by atoms with van der Waals surface area (Å²) in [7, 11) is 0. The van der Waals surface area contributed by atoms with Crippen LogP contribution in [0.25, 0.3) is 0 Å². The average Bonchev–Trinajstić information content (AvgIpc) is 2.68. The third-order valence-corrected chi connectivity index (χ3v) is 3.46. The number of rotatable bonds is 6. The van der Waals surface area contributed by atoms with Crippen molar-refractivity contribution in [1.29, 1.82) is 0 Å². The van der Waals surface area contributed by atoms with Crippen LogP contribution < -0.4 is 0 Å². The van der Waals surface area contributed by atoms with Crippen LogP contribution in [-0.2, 0) is 0 Å². The summed E-state index contributed by atoms with van der Waals surface area (Å²) < 4.78 is 0. The van der Waals surface area contributed by atoms with Gasteiger partial charge in [-0.3, -0.25) is 4.90 Å². The molecule has 1 aliphatic heterocycles. The minimum atomic E-state index is 0.312. The van der Waals surface area contributed by atoms with Gasteiger partial charge in [-0.25, -0.2) is 0 Å². The van der Waals surface area contributed by atoms with Crippen molar-refractivity contribution in [2.75, 3.05) is 39.3 Å². The molecule has 3 heteroatoms. The molecule has 90 valence electrons. The molecular weight excluding hydrogens is 188 g/mol. The zero-order chi connectivity index (χ0) is 11.3. The summed E-state index contributed by atoms with van der Waals surface area (Å²) in [5, 5.41) is 9.03. The summed E-state index contributed by atoms with van der Waals surface area (Å²) in [6.45, 7) is 12.7. The predicted octanol–water partition coefficient (Wildman–Crippen LogP) is 1.03. The summed E-state index contributed by atoms with van der Waals surface area (Å²) >= 11 is 0. The van der Waals surface area contributed by atoms with Gasteiger partial charge in [0.2, 0.25) is 0 Å². The average molecular weight is 214 g/mol. The van der Waals surface area contributed by atoms with E-state index in [0.29, 0.717) is 12.5 Å². The fourth-order valence-corrected chi connectivity index (χ4v) is 2.51. The molecule has 1 saturated heterocycles. The summed E-state index contributed by atoms with van der Waals surface area (Å²) in [6, 6.07) is 0.742. The Morgan fingerprint density at radius 3 is 2.60 bits per heavy atom. The van der Waals surface area contributed by atoms with Gasteiger partial charge in [-0.05, 0) is 32.0 Å². The van der Waals surface area contributed by atoms with Gasteiger partial charge in [0.1, 0.15) is 0 Å². The zero-order valence-corrected chi connectivity index (χ0v) is 10.4. The molecule has 0 radical (unpaired) electrons. The zero-order valence-electron chi connectivity index (χ0n) is 10.4. The van der Waals surface area contributed by atoms with Gasteiger partial charge in [0, 0.05) is 25.7 Å². The van der Waals surface area contributed by atoms with Gasteiger partial charge in [0.05, 0.1) is 0 Å². The second kappa shape index (κ2) is 6.46. The molecule has 0 saturated carbocycles. The Morgan fingerprint density at radius 2 is 2.07 bits per heavy atom. The molecule has 0 amide bonds. The number of aliphatic hydroxyl groups excluding tert-OH is 1. The molecule has 0 bridgehead atoms. The maximum atomic E-state index is 9.03. The molecule has 3 nitrogen and oxygen atoms in total. The van der Waals surface area contributed by atoms with Crippen LogP contribution in [0.3, 0.4) is 0 Å². The summed E-state index contributed by atoms with van der Waals surface area (Å²) in [5.74, 6) is 0.417. The molecule has 15 heavy (non-hydrogen) atoms. The second-order valence-corrected chi connectivity index (χ2v) is 4.71. The molecule has 1 rings (SSSR count). The highest BCUT2D eigenvalue weighted by atomic mass is 16.3. The van der Waals surface area contributed by atoms with Crippen LogP contribution in [0.15, 0.2) is 0 Å². The van der Waals surface area contributed by atoms with E-state index in [0.717, 1.165) is 25.7 Å². The van der Waals surface area contributed by atoms with Gasteiger partial charge in [-0.15, -0.1) is 0 Å². The molecule has 1 heterocycles. The topological polar surface area (TPSA) is 26.7 Å². The first-order valence-corrected chi connectivity index (χ1v) is 6.28. The third kappa shape index (κ3) is 3.74. The van der Waals surface area contributed by atoms with Crippen molar-refractivity contribution in [3.63, 3.8) is 0 Å². The lowest BCUT2D eigenvalue weighted by atomic mass is 10.2. The Hall–Kier alpha value is -0.120. The molecule has 1 N–H and O–H groups in total. The monoisotopic (exact) mass is 214 g/mol. The number of hydrogen-bond acceptors (Lipinski definition) is 3. The highest BCUT2D eigenvalue weighted by molar-refractivity contribution is 4.83. The SMILES string of the molecule is CCN(CC)C1CCN(CC(C)CO)C1. The molecule has 0 aromatic rings. The van der Waals surface area contributed by atoms with E-state index in [2.05, 4.69) is 30.6 Å². The Kier molecular flexibility index (Phi) is 5.58. The van der Waals surface area contributed by atoms with E-state index in [-0.39, 0.29) is 0 Å². The quantitative estimate of drug-likeness (QED) is 0.715. The molecule has 0 aromatic heterocycles. The van der Waals surface area contributed by atoms with E-state index in [1.54, 1.807) is 0 Å². The fraction of sp³-hybridized carbons (Fsp3) is 1.00. The maximum Gasteiger partial charge on any atom is 0.0468 e. The van der Waals surface area contributed by atoms with E-state index >= 15 is 0 Å². The highest BCUT2D eigenvalue weighted by Gasteiger charge is 2.26. The van der Waals surface area contributed by atoms with Gasteiger partial charge in [-0.1, -0.05) is 20.8 Å². The van der Waals surface area contributed by atoms with Crippen LogP contribution in [-0.4, -0.2) is 60.3 Å². The van der Waals surface area contributed by atoms with E-state index in [1.165, 1.54) is 19.5 Å². The number of nitrogens with zero attached hydrogens (tertiary/aromatic N) is 2. The number of aliphatic hydroxyl groups is 1. The highest BCUT2D eigenvalue weighted by Crippen LogP contribution is 2.16. The third-order valence-electron chi connectivity index (χ3n) is 3.46. The summed E-state index contributed by atoms with van der Waals surface area (Å²) in [4.78, 5) is 5.04. The van der Waals surface area contributed by atoms with Crippen molar-refractivity contribution in [3.05, 3.63) is 0 Å². The first-order valence-electron chi connectivity index (χ1n) is 6.28. The number of likely N-dealkylation sites (N-methyl/N-ethyl adjacent to an activating group) is 1. The lowest BCUT2D eigenvalue weighted by Gasteiger charge is -2.26. The minimum Gasteiger partial charge on any atom is -0.396 e. The van der Waals surface area contributed by atoms with Crippen LogP contribution in [0.4, 0.5) is 0 Å². The van der Waals surface area contributed by atoms with Crippen LogP contribution in [0.5, 0.6) is 0 Å². The van der Waals surface area contributed by atoms with Crippen molar-refractivity contribution in [2.24, 2.45) is 5.92 Å². The lowest BCUT2D eigenvalue weighted by Crippen LogP contribution is -2.38. The Morgan fingerprint density at radius 1 is 1.40 bits per heavy atom. The molecule has 2 unspecified atom stereocenters. The molecule has 1 aliphatic rings. The van der Waals surface area contributed by atoms with Gasteiger partial charge in [0.25, 0.3) is 0 Å². The van der Waals surface area contributed by atoms with Crippen LogP contribution in [0, 0.1) is 5.92 Å². The lowest BCUT2D eigenvalue weighted by molar-refractivity contribution is 0.173. The molecule has 0 aromatic carbocycles. The maximum absolute atomic E-state index is 9.03. The normalized spacial score (nSPS) is 25.0. The van der Waals surface area contributed by atoms with Crippen LogP contribution >= 0.6 is 0 Å². The first kappa shape index (κ1) is 12.9. The van der Waals surface area contributed by atoms with Crippen LogP contribution in [0.2, 0.25) is 0 Å². The Balaban J connectivity index is 2.31. The fourth-order valence-electron chi connectivity index (χ4n) is 2.51. The van der Waals surface area contributed by atoms with Gasteiger partial charge >= 0.3 is 0 Å². The standard InChI is InChI=1S/C12H26N2O/c1-4-14(5-2)12-6-7-13(9-12)8-11(3)10-15/h11-12,15H,4-10H2,1-3H3. The minimum absolute atomic E-state index is 0.312. The smallest absolute Gasteiger partial charge is 0.0468 e. The molecule has 1 fully saturated rings. The van der Waals surface area contributed by atoms with Gasteiger partial charge < -0.3 is 10.0 Å².